The molecule has 0 bridgehead atoms. The number of fused-ring (bicyclic) bond motifs is 3. The molecule has 1 N–H and O–H groups in total. The van der Waals surface area contributed by atoms with E-state index in [2.05, 4.69) is 11.4 Å². The minimum atomic E-state index is -0.0386. The summed E-state index contributed by atoms with van der Waals surface area (Å²) in [7, 11) is 0. The highest BCUT2D eigenvalue weighted by atomic mass is 32.2. The maximum atomic E-state index is 12.7. The molecule has 0 spiro atoms. The van der Waals surface area contributed by atoms with Gasteiger partial charge in [0, 0.05) is 15.4 Å². The van der Waals surface area contributed by atoms with Gasteiger partial charge in [0.15, 0.2) is 17.3 Å². The third-order valence-electron chi connectivity index (χ3n) is 4.63. The number of benzene rings is 3. The van der Waals surface area contributed by atoms with Gasteiger partial charge in [0.1, 0.15) is 13.2 Å². The summed E-state index contributed by atoms with van der Waals surface area (Å²) in [5.41, 5.74) is 3.58. The second-order valence-corrected chi connectivity index (χ2v) is 7.62. The molecule has 5 heteroatoms. The molecule has 5 rings (SSSR count). The van der Waals surface area contributed by atoms with Gasteiger partial charge in [0.25, 0.3) is 0 Å². The van der Waals surface area contributed by atoms with E-state index in [4.69, 9.17) is 9.47 Å². The second-order valence-electron chi connectivity index (χ2n) is 6.53. The molecule has 0 aliphatic carbocycles. The van der Waals surface area contributed by atoms with Crippen LogP contribution in [0.25, 0.3) is 6.08 Å². The lowest BCUT2D eigenvalue weighted by Gasteiger charge is -2.20. The Bertz CT molecular complexity index is 1110. The van der Waals surface area contributed by atoms with Crippen molar-refractivity contribution in [2.45, 2.75) is 9.79 Å². The van der Waals surface area contributed by atoms with Crippen LogP contribution in [0.15, 0.2) is 76.5 Å². The maximum Gasteiger partial charge on any atom is 0.185 e. The Morgan fingerprint density at radius 1 is 0.893 bits per heavy atom. The quantitative estimate of drug-likeness (QED) is 0.368. The number of carbonyl (C=O) groups is 1. The van der Waals surface area contributed by atoms with Crippen LogP contribution in [0.3, 0.4) is 0 Å². The molecular weight excluding hydrogens is 370 g/mol. The van der Waals surface area contributed by atoms with Crippen molar-refractivity contribution < 1.29 is 14.3 Å². The third-order valence-corrected chi connectivity index (χ3v) is 5.79. The minimum absolute atomic E-state index is 0.0386. The summed E-state index contributed by atoms with van der Waals surface area (Å²) in [6, 6.07) is 19.6. The topological polar surface area (TPSA) is 47.6 Å². The molecule has 0 aromatic heterocycles. The molecule has 3 aromatic rings. The van der Waals surface area contributed by atoms with Crippen LogP contribution in [0.1, 0.15) is 15.9 Å². The molecule has 0 atom stereocenters. The van der Waals surface area contributed by atoms with Crippen LogP contribution in [0.4, 0.5) is 11.4 Å². The zero-order chi connectivity index (χ0) is 18.9. The summed E-state index contributed by atoms with van der Waals surface area (Å²) >= 11 is 1.71. The van der Waals surface area contributed by atoms with Gasteiger partial charge in [-0.05, 0) is 54.1 Å². The van der Waals surface area contributed by atoms with E-state index < -0.39 is 0 Å². The molecule has 0 unspecified atom stereocenters. The smallest absolute Gasteiger partial charge is 0.185 e. The number of hydrogen-bond donors (Lipinski definition) is 1. The van der Waals surface area contributed by atoms with Gasteiger partial charge in [0.2, 0.25) is 0 Å². The predicted molar refractivity (Wildman–Crippen MR) is 111 cm³/mol. The first-order valence-electron chi connectivity index (χ1n) is 9.06. The van der Waals surface area contributed by atoms with Crippen molar-refractivity contribution in [2.24, 2.45) is 0 Å². The molecule has 0 fully saturated rings. The van der Waals surface area contributed by atoms with Crippen LogP contribution in [-0.4, -0.2) is 19.0 Å². The minimum Gasteiger partial charge on any atom is -0.486 e. The first-order valence-corrected chi connectivity index (χ1v) is 9.88. The number of carbonyl (C=O) groups excluding carboxylic acids is 1. The fraction of sp³-hybridized carbons (Fsp3) is 0.0870. The van der Waals surface area contributed by atoms with Crippen LogP contribution >= 0.6 is 11.8 Å². The van der Waals surface area contributed by atoms with Crippen molar-refractivity contribution in [3.05, 3.63) is 77.9 Å². The number of ether oxygens (including phenoxy) is 2. The van der Waals surface area contributed by atoms with Gasteiger partial charge in [-0.2, -0.15) is 0 Å². The van der Waals surface area contributed by atoms with Crippen molar-refractivity contribution in [1.29, 1.82) is 0 Å². The highest BCUT2D eigenvalue weighted by Crippen LogP contribution is 2.44. The van der Waals surface area contributed by atoms with Gasteiger partial charge in [-0.15, -0.1) is 0 Å². The Labute approximate surface area is 167 Å². The van der Waals surface area contributed by atoms with E-state index in [1.807, 2.05) is 54.6 Å². The van der Waals surface area contributed by atoms with E-state index in [1.165, 1.54) is 4.90 Å². The highest BCUT2D eigenvalue weighted by Gasteiger charge is 2.16. The van der Waals surface area contributed by atoms with E-state index in [9.17, 15) is 4.79 Å². The zero-order valence-corrected chi connectivity index (χ0v) is 15.8. The Hall–Kier alpha value is -3.18. The molecule has 0 radical (unpaired) electrons. The Kier molecular flexibility index (Phi) is 4.29. The molecular formula is C23H17NO3S. The fourth-order valence-corrected chi connectivity index (χ4v) is 4.19. The van der Waals surface area contributed by atoms with Crippen molar-refractivity contribution >= 4 is 35.0 Å². The number of para-hydroxylation sites is 1. The van der Waals surface area contributed by atoms with Crippen LogP contribution in [0.5, 0.6) is 11.5 Å². The zero-order valence-electron chi connectivity index (χ0n) is 15.0. The lowest BCUT2D eigenvalue weighted by Crippen LogP contribution is -2.15. The number of rotatable bonds is 3. The molecule has 3 aromatic carbocycles. The van der Waals surface area contributed by atoms with E-state index in [0.717, 1.165) is 33.3 Å². The van der Waals surface area contributed by atoms with Gasteiger partial charge < -0.3 is 14.8 Å². The molecule has 138 valence electrons. The van der Waals surface area contributed by atoms with E-state index in [0.29, 0.717) is 18.8 Å². The standard InChI is InChI=1S/C23H17NO3S/c25-19(8-5-15-6-9-20-21(13-15)27-12-11-26-20)16-7-10-23-18(14-16)24-17-3-1-2-4-22(17)28-23/h1-10,13-14,24H,11-12H2/b8-5+. The van der Waals surface area contributed by atoms with Crippen LogP contribution in [-0.2, 0) is 0 Å². The summed E-state index contributed by atoms with van der Waals surface area (Å²) in [6.45, 7) is 1.11. The van der Waals surface area contributed by atoms with Crippen LogP contribution in [0, 0.1) is 0 Å². The first kappa shape index (κ1) is 17.0. The van der Waals surface area contributed by atoms with Gasteiger partial charge in [-0.25, -0.2) is 0 Å². The molecule has 2 aliphatic rings. The molecule has 4 nitrogen and oxygen atoms in total. The molecule has 0 amide bonds. The molecule has 28 heavy (non-hydrogen) atoms. The van der Waals surface area contributed by atoms with Crippen molar-refractivity contribution in [2.75, 3.05) is 18.5 Å². The molecule has 0 saturated carbocycles. The van der Waals surface area contributed by atoms with Gasteiger partial charge >= 0.3 is 0 Å². The van der Waals surface area contributed by atoms with Crippen LogP contribution < -0.4 is 14.8 Å². The third kappa shape index (κ3) is 3.25. The lowest BCUT2D eigenvalue weighted by atomic mass is 10.1. The van der Waals surface area contributed by atoms with Crippen LogP contribution in [0.2, 0.25) is 0 Å². The van der Waals surface area contributed by atoms with Gasteiger partial charge in [-0.3, -0.25) is 4.79 Å². The lowest BCUT2D eigenvalue weighted by molar-refractivity contribution is 0.104. The van der Waals surface area contributed by atoms with Gasteiger partial charge in [0.05, 0.1) is 11.4 Å². The monoisotopic (exact) mass is 387 g/mol. The average Bonchev–Trinajstić information content (AvgIpc) is 2.75. The van der Waals surface area contributed by atoms with E-state index in [-0.39, 0.29) is 5.78 Å². The van der Waals surface area contributed by atoms with Crippen molar-refractivity contribution in [1.82, 2.24) is 0 Å². The number of allylic oxidation sites excluding steroid dienone is 1. The van der Waals surface area contributed by atoms with Crippen molar-refractivity contribution in [3.8, 4) is 11.5 Å². The van der Waals surface area contributed by atoms with Gasteiger partial charge in [-0.1, -0.05) is 36.0 Å². The normalized spacial score (nSPS) is 14.1. The summed E-state index contributed by atoms with van der Waals surface area (Å²) in [4.78, 5) is 15.0. The van der Waals surface area contributed by atoms with E-state index >= 15 is 0 Å². The number of hydrogen-bond acceptors (Lipinski definition) is 5. The fourth-order valence-electron chi connectivity index (χ4n) is 3.22. The summed E-state index contributed by atoms with van der Waals surface area (Å²) in [5, 5.41) is 3.42. The Morgan fingerprint density at radius 2 is 1.71 bits per heavy atom. The Morgan fingerprint density at radius 3 is 2.64 bits per heavy atom. The summed E-state index contributed by atoms with van der Waals surface area (Å²) in [6.07, 6.45) is 3.40. The highest BCUT2D eigenvalue weighted by molar-refractivity contribution is 7.99. The molecule has 0 saturated heterocycles. The average molecular weight is 387 g/mol. The largest absolute Gasteiger partial charge is 0.486 e. The summed E-state index contributed by atoms with van der Waals surface area (Å²) in [5.74, 6) is 1.42. The Balaban J connectivity index is 1.36. The van der Waals surface area contributed by atoms with E-state index in [1.54, 1.807) is 23.9 Å². The molecule has 2 heterocycles. The SMILES string of the molecule is O=C(/C=C/c1ccc2c(c1)OCCO2)c1ccc2c(c1)Nc1ccccc1S2. The second kappa shape index (κ2) is 7.09. The van der Waals surface area contributed by atoms with Crippen molar-refractivity contribution in [3.63, 3.8) is 0 Å². The first-order chi connectivity index (χ1) is 13.8. The molecule has 2 aliphatic heterocycles. The maximum absolute atomic E-state index is 12.7. The number of anilines is 2. The summed E-state index contributed by atoms with van der Waals surface area (Å²) < 4.78 is 11.1. The number of ketones is 1. The number of nitrogens with one attached hydrogen (secondary N) is 1. The predicted octanol–water partition coefficient (Wildman–Crippen LogP) is 5.56.